The average Bonchev–Trinajstić information content (AvgIpc) is 2.34. The molecule has 0 unspecified atom stereocenters. The number of hydrogen-bond acceptors (Lipinski definition) is 6. The molecule has 0 radical (unpaired) electrons. The fourth-order valence-electron chi connectivity index (χ4n) is 0.649. The Balaban J connectivity index is -0.0000000611. The fraction of sp³-hybridized carbons (Fsp3) is 0.909. The van der Waals surface area contributed by atoms with Crippen molar-refractivity contribution in [3.63, 3.8) is 0 Å². The van der Waals surface area contributed by atoms with Gasteiger partial charge in [0, 0.05) is 61.8 Å². The van der Waals surface area contributed by atoms with Crippen LogP contribution in [0.5, 0.6) is 0 Å². The normalized spacial score (nSPS) is 8.53. The minimum Gasteiger partial charge on any atom is -0.555 e. The maximum absolute atomic E-state index is 7.57. The van der Waals surface area contributed by atoms with E-state index >= 15 is 0 Å². The van der Waals surface area contributed by atoms with Crippen molar-refractivity contribution in [3.8, 4) is 0 Å². The molecule has 0 aromatic rings. The first-order valence-corrected chi connectivity index (χ1v) is 8.11. The summed E-state index contributed by atoms with van der Waals surface area (Å²) in [5.41, 5.74) is 0. The minimum atomic E-state index is -2.33. The summed E-state index contributed by atoms with van der Waals surface area (Å²) in [7, 11) is 1.97. The Labute approximate surface area is 134 Å². The standard InChI is InChI=1S/C6H15O3Si.2C2H6O.CH4O.Ti/c1-5-8-10(4,7-3)9-6-2;2*1-2-3;1-2;/h3,5-6H2,1-2,4H3;2*3H,2H2,1H3;2H,1H3;/q-1;;;;. The van der Waals surface area contributed by atoms with Gasteiger partial charge in [-0.3, -0.25) is 0 Å². The van der Waals surface area contributed by atoms with E-state index in [0.717, 1.165) is 7.11 Å². The smallest absolute Gasteiger partial charge is 0.465 e. The Bertz CT molecular complexity index is 113. The van der Waals surface area contributed by atoms with Gasteiger partial charge in [-0.15, -0.1) is 0 Å². The molecule has 6 nitrogen and oxygen atoms in total. The molecular weight excluding hydrogens is 304 g/mol. The molecule has 0 aromatic heterocycles. The first-order chi connectivity index (χ1) is 8.51. The number of hydrogen-bond donors (Lipinski definition) is 3. The molecule has 8 heteroatoms. The van der Waals surface area contributed by atoms with Gasteiger partial charge in [0.05, 0.1) is 0 Å². The van der Waals surface area contributed by atoms with E-state index in [1.165, 1.54) is 0 Å². The summed E-state index contributed by atoms with van der Waals surface area (Å²) in [6, 6.07) is 0. The Morgan fingerprint density at radius 3 is 1.21 bits per heavy atom. The largest absolute Gasteiger partial charge is 0.555 e. The van der Waals surface area contributed by atoms with Crippen LogP contribution in [0.1, 0.15) is 27.7 Å². The van der Waals surface area contributed by atoms with E-state index in [4.69, 9.17) is 28.6 Å². The average molecular weight is 335 g/mol. The first kappa shape index (κ1) is 31.9. The maximum atomic E-state index is 7.57. The summed E-state index contributed by atoms with van der Waals surface area (Å²) in [6.07, 6.45) is 0. The van der Waals surface area contributed by atoms with Crippen molar-refractivity contribution >= 4 is 8.80 Å². The SMILES string of the molecule is CCO.CCO.CO.[CH2-]O[Si](C)(OCC)OCC.[Ti]. The molecule has 0 spiro atoms. The number of rotatable bonds is 5. The van der Waals surface area contributed by atoms with Gasteiger partial charge in [-0.05, 0) is 27.7 Å². The van der Waals surface area contributed by atoms with Crippen LogP contribution in [-0.4, -0.2) is 57.7 Å². The second-order valence-corrected chi connectivity index (χ2v) is 5.10. The van der Waals surface area contributed by atoms with Crippen molar-refractivity contribution in [1.29, 1.82) is 0 Å². The molecule has 0 saturated carbocycles. The molecule has 0 aliphatic rings. The topological polar surface area (TPSA) is 88.4 Å². The molecule has 0 atom stereocenters. The second kappa shape index (κ2) is 31.2. The van der Waals surface area contributed by atoms with E-state index in [-0.39, 0.29) is 34.9 Å². The Hall–Kier alpha value is 0.691. The van der Waals surface area contributed by atoms with E-state index in [1.807, 2.05) is 20.4 Å². The van der Waals surface area contributed by atoms with E-state index in [9.17, 15) is 0 Å². The zero-order valence-corrected chi connectivity index (χ0v) is 15.7. The van der Waals surface area contributed by atoms with Gasteiger partial charge in [0.1, 0.15) is 0 Å². The van der Waals surface area contributed by atoms with Crippen molar-refractivity contribution in [2.75, 3.05) is 33.5 Å². The van der Waals surface area contributed by atoms with Crippen LogP contribution in [0.15, 0.2) is 0 Å². The first-order valence-electron chi connectivity index (χ1n) is 5.89. The van der Waals surface area contributed by atoms with Crippen LogP contribution in [-0.2, 0) is 35.0 Å². The molecule has 0 amide bonds. The molecule has 0 aliphatic carbocycles. The van der Waals surface area contributed by atoms with Crippen molar-refractivity contribution in [2.24, 2.45) is 0 Å². The van der Waals surface area contributed by atoms with Crippen molar-refractivity contribution in [3.05, 3.63) is 7.11 Å². The van der Waals surface area contributed by atoms with Gasteiger partial charge in [-0.2, -0.15) is 0 Å². The third kappa shape index (κ3) is 38.1. The van der Waals surface area contributed by atoms with E-state index in [2.05, 4.69) is 7.11 Å². The van der Waals surface area contributed by atoms with Crippen LogP contribution >= 0.6 is 0 Å². The molecule has 0 heterocycles. The van der Waals surface area contributed by atoms with Crippen molar-refractivity contribution < 1.29 is 50.3 Å². The van der Waals surface area contributed by atoms with Crippen LogP contribution in [0, 0.1) is 7.11 Å². The molecule has 120 valence electrons. The Morgan fingerprint density at radius 1 is 0.895 bits per heavy atom. The van der Waals surface area contributed by atoms with E-state index in [0.29, 0.717) is 13.2 Å². The number of aliphatic hydroxyl groups is 3. The van der Waals surface area contributed by atoms with E-state index < -0.39 is 8.80 Å². The second-order valence-electron chi connectivity index (χ2n) is 2.51. The zero-order valence-electron chi connectivity index (χ0n) is 13.1. The van der Waals surface area contributed by atoms with Crippen LogP contribution in [0.25, 0.3) is 0 Å². The van der Waals surface area contributed by atoms with Crippen molar-refractivity contribution in [1.82, 2.24) is 0 Å². The monoisotopic (exact) mass is 335 g/mol. The molecule has 3 N–H and O–H groups in total. The van der Waals surface area contributed by atoms with Gasteiger partial charge in [-0.25, -0.2) is 7.11 Å². The Kier molecular flexibility index (Phi) is 52.4. The predicted octanol–water partition coefficient (Wildman–Crippen LogP) is 1.04. The molecule has 0 aliphatic heterocycles. The molecule has 0 bridgehead atoms. The molecule has 0 aromatic carbocycles. The molecule has 19 heavy (non-hydrogen) atoms. The summed E-state index contributed by atoms with van der Waals surface area (Å²) in [5.74, 6) is 0. The summed E-state index contributed by atoms with van der Waals surface area (Å²) < 4.78 is 15.4. The van der Waals surface area contributed by atoms with Gasteiger partial charge >= 0.3 is 8.80 Å². The third-order valence-electron chi connectivity index (χ3n) is 1.08. The quantitative estimate of drug-likeness (QED) is 0.514. The van der Waals surface area contributed by atoms with Gasteiger partial charge < -0.3 is 28.6 Å². The van der Waals surface area contributed by atoms with Crippen LogP contribution in [0.4, 0.5) is 0 Å². The van der Waals surface area contributed by atoms with Crippen LogP contribution < -0.4 is 0 Å². The zero-order chi connectivity index (χ0) is 15.4. The predicted molar refractivity (Wildman–Crippen MR) is 75.0 cm³/mol. The van der Waals surface area contributed by atoms with Crippen molar-refractivity contribution in [2.45, 2.75) is 34.2 Å². The summed E-state index contributed by atoms with van der Waals surface area (Å²) in [4.78, 5) is 0. The summed E-state index contributed by atoms with van der Waals surface area (Å²) >= 11 is 0. The van der Waals surface area contributed by atoms with Gasteiger partial charge in [-0.1, -0.05) is 0 Å². The summed E-state index contributed by atoms with van der Waals surface area (Å²) in [6.45, 7) is 10.7. The summed E-state index contributed by atoms with van der Waals surface area (Å²) in [5, 5.41) is 22.1. The molecular formula is C11H31O6SiTi-. The fourth-order valence-corrected chi connectivity index (χ4v) is 1.95. The van der Waals surface area contributed by atoms with Gasteiger partial charge in [0.2, 0.25) is 0 Å². The van der Waals surface area contributed by atoms with Crippen LogP contribution in [0.3, 0.4) is 0 Å². The molecule has 0 fully saturated rings. The minimum absolute atomic E-state index is 0. The molecule has 0 rings (SSSR count). The van der Waals surface area contributed by atoms with Crippen LogP contribution in [0.2, 0.25) is 6.55 Å². The van der Waals surface area contributed by atoms with Gasteiger partial charge in [0.15, 0.2) is 0 Å². The maximum Gasteiger partial charge on any atom is 0.465 e. The Morgan fingerprint density at radius 2 is 1.11 bits per heavy atom. The van der Waals surface area contributed by atoms with E-state index in [1.54, 1.807) is 13.8 Å². The third-order valence-corrected chi connectivity index (χ3v) is 3.23. The number of aliphatic hydroxyl groups excluding tert-OH is 3. The van der Waals surface area contributed by atoms with Gasteiger partial charge in [0.25, 0.3) is 0 Å². The molecule has 0 saturated heterocycles.